The number of thiocarbonyl (C=S) groups is 1. The Bertz CT molecular complexity index is 1310. The fourth-order valence-corrected chi connectivity index (χ4v) is 5.23. The van der Waals surface area contributed by atoms with Gasteiger partial charge in [-0.15, -0.1) is 6.58 Å². The third-order valence-corrected chi connectivity index (χ3v) is 6.58. The molecule has 4 rings (SSSR count). The molecule has 0 atom stereocenters. The largest absolute Gasteiger partial charge is 0.487 e. The first-order valence-corrected chi connectivity index (χ1v) is 12.0. The van der Waals surface area contributed by atoms with Crippen molar-refractivity contribution in [3.05, 3.63) is 92.9 Å². The monoisotopic (exact) mass is 584 g/mol. The summed E-state index contributed by atoms with van der Waals surface area (Å²) in [5, 5.41) is 4.90. The van der Waals surface area contributed by atoms with Crippen LogP contribution in [0.1, 0.15) is 11.1 Å². The molecule has 0 spiro atoms. The lowest BCUT2D eigenvalue weighted by Crippen LogP contribution is -2.53. The maximum atomic E-state index is 12.8. The van der Waals surface area contributed by atoms with Gasteiger partial charge >= 0.3 is 0 Å². The van der Waals surface area contributed by atoms with Crippen LogP contribution in [-0.2, 0) is 16.2 Å². The number of carbonyl (C=O) groups is 2. The standard InChI is InChI=1S/C25H18Br2N2O3S/c1-2-10-29-24(31)19(23(30)28-25(29)33)11-15-12-20(26)22(21(27)13-15)32-14-17-8-5-7-16-6-3-4-9-18(16)17/h2-9,11-13H,1,10,14H2,(H,28,30,33)/b19-11+. The normalized spacial score (nSPS) is 15.2. The van der Waals surface area contributed by atoms with E-state index in [-0.39, 0.29) is 17.2 Å². The van der Waals surface area contributed by atoms with Crippen LogP contribution in [0.15, 0.2) is 81.8 Å². The van der Waals surface area contributed by atoms with Crippen LogP contribution < -0.4 is 10.1 Å². The third-order valence-electron chi connectivity index (χ3n) is 5.08. The number of ether oxygens (including phenoxy) is 1. The van der Waals surface area contributed by atoms with E-state index in [1.54, 1.807) is 18.2 Å². The summed E-state index contributed by atoms with van der Waals surface area (Å²) in [6, 6.07) is 17.9. The molecule has 1 aliphatic rings. The zero-order valence-electron chi connectivity index (χ0n) is 17.3. The van der Waals surface area contributed by atoms with Gasteiger partial charge in [-0.05, 0) is 84.2 Å². The number of amides is 2. The molecule has 3 aromatic rings. The molecule has 2 amide bonds. The molecule has 1 fully saturated rings. The lowest BCUT2D eigenvalue weighted by molar-refractivity contribution is -0.128. The molecular weight excluding hydrogens is 568 g/mol. The first kappa shape index (κ1) is 23.4. The first-order chi connectivity index (χ1) is 15.9. The molecule has 0 saturated carbocycles. The zero-order chi connectivity index (χ0) is 23.5. The minimum atomic E-state index is -0.533. The summed E-state index contributed by atoms with van der Waals surface area (Å²) in [5.41, 5.74) is 1.71. The summed E-state index contributed by atoms with van der Waals surface area (Å²) in [4.78, 5) is 26.4. The molecule has 1 heterocycles. The van der Waals surface area contributed by atoms with Crippen LogP contribution in [0.2, 0.25) is 0 Å². The molecule has 3 aromatic carbocycles. The number of halogens is 2. The van der Waals surface area contributed by atoms with Gasteiger partial charge in [-0.1, -0.05) is 48.5 Å². The summed E-state index contributed by atoms with van der Waals surface area (Å²) in [6.45, 7) is 4.22. The summed E-state index contributed by atoms with van der Waals surface area (Å²) >= 11 is 12.2. The highest BCUT2D eigenvalue weighted by Crippen LogP contribution is 2.36. The number of nitrogens with one attached hydrogen (secondary N) is 1. The van der Waals surface area contributed by atoms with E-state index in [4.69, 9.17) is 17.0 Å². The van der Waals surface area contributed by atoms with Crippen molar-refractivity contribution in [2.75, 3.05) is 6.54 Å². The molecule has 8 heteroatoms. The van der Waals surface area contributed by atoms with Crippen molar-refractivity contribution >= 4 is 77.9 Å². The number of rotatable bonds is 6. The van der Waals surface area contributed by atoms with E-state index < -0.39 is 11.8 Å². The number of hydrogen-bond donors (Lipinski definition) is 1. The molecule has 166 valence electrons. The van der Waals surface area contributed by atoms with E-state index in [1.807, 2.05) is 24.3 Å². The quantitative estimate of drug-likeness (QED) is 0.173. The van der Waals surface area contributed by atoms with E-state index in [0.29, 0.717) is 26.9 Å². The van der Waals surface area contributed by atoms with E-state index >= 15 is 0 Å². The van der Waals surface area contributed by atoms with Crippen LogP contribution in [-0.4, -0.2) is 28.4 Å². The lowest BCUT2D eigenvalue weighted by atomic mass is 10.1. The summed E-state index contributed by atoms with van der Waals surface area (Å²) in [6.07, 6.45) is 3.08. The van der Waals surface area contributed by atoms with Crippen LogP contribution in [0.25, 0.3) is 16.8 Å². The molecule has 5 nitrogen and oxygen atoms in total. The van der Waals surface area contributed by atoms with Crippen LogP contribution in [0.4, 0.5) is 0 Å². The van der Waals surface area contributed by atoms with Gasteiger partial charge in [0.25, 0.3) is 11.8 Å². The number of carbonyl (C=O) groups excluding carboxylic acids is 2. The van der Waals surface area contributed by atoms with Gasteiger partial charge in [-0.3, -0.25) is 19.8 Å². The van der Waals surface area contributed by atoms with Crippen LogP contribution >= 0.6 is 44.1 Å². The Morgan fingerprint density at radius 1 is 1.06 bits per heavy atom. The summed E-state index contributed by atoms with van der Waals surface area (Å²) in [7, 11) is 0. The van der Waals surface area contributed by atoms with Gasteiger partial charge in [-0.2, -0.15) is 0 Å². The fraction of sp³-hybridized carbons (Fsp3) is 0.0800. The average molecular weight is 586 g/mol. The van der Waals surface area contributed by atoms with E-state index in [2.05, 4.69) is 62.0 Å². The van der Waals surface area contributed by atoms with Crippen molar-refractivity contribution in [1.29, 1.82) is 0 Å². The van der Waals surface area contributed by atoms with E-state index in [1.165, 1.54) is 11.0 Å². The highest BCUT2D eigenvalue weighted by Gasteiger charge is 2.32. The van der Waals surface area contributed by atoms with Crippen molar-refractivity contribution in [1.82, 2.24) is 10.2 Å². The fourth-order valence-electron chi connectivity index (χ4n) is 3.52. The van der Waals surface area contributed by atoms with Crippen molar-refractivity contribution in [2.45, 2.75) is 6.61 Å². The number of benzene rings is 3. The van der Waals surface area contributed by atoms with Gasteiger partial charge in [0, 0.05) is 6.54 Å². The predicted octanol–water partition coefficient (Wildman–Crippen LogP) is 5.76. The van der Waals surface area contributed by atoms with E-state index in [9.17, 15) is 9.59 Å². The van der Waals surface area contributed by atoms with E-state index in [0.717, 1.165) is 16.3 Å². The van der Waals surface area contributed by atoms with Gasteiger partial charge in [0.15, 0.2) is 5.11 Å². The van der Waals surface area contributed by atoms with Crippen LogP contribution in [0, 0.1) is 0 Å². The second-order valence-corrected chi connectivity index (χ2v) is 9.36. The number of nitrogens with zero attached hydrogens (tertiary/aromatic N) is 1. The molecule has 1 aliphatic heterocycles. The van der Waals surface area contributed by atoms with Crippen molar-refractivity contribution in [3.8, 4) is 5.75 Å². The Morgan fingerprint density at radius 2 is 1.76 bits per heavy atom. The second-order valence-electron chi connectivity index (χ2n) is 7.26. The second kappa shape index (κ2) is 9.99. The molecule has 0 radical (unpaired) electrons. The molecule has 1 saturated heterocycles. The SMILES string of the molecule is C=CCN1C(=O)/C(=C/c2cc(Br)c(OCc3cccc4ccccc34)c(Br)c2)C(=O)NC1=S. The molecule has 0 unspecified atom stereocenters. The molecule has 0 bridgehead atoms. The van der Waals surface area contributed by atoms with Crippen molar-refractivity contribution in [2.24, 2.45) is 0 Å². The van der Waals surface area contributed by atoms with Gasteiger partial charge in [0.05, 0.1) is 8.95 Å². The first-order valence-electron chi connectivity index (χ1n) is 9.97. The highest BCUT2D eigenvalue weighted by molar-refractivity contribution is 9.11. The number of hydrogen-bond acceptors (Lipinski definition) is 4. The Kier molecular flexibility index (Phi) is 7.07. The van der Waals surface area contributed by atoms with Gasteiger partial charge in [-0.25, -0.2) is 0 Å². The zero-order valence-corrected chi connectivity index (χ0v) is 21.3. The third kappa shape index (κ3) is 4.93. The molecule has 0 aromatic heterocycles. The lowest BCUT2D eigenvalue weighted by Gasteiger charge is -2.27. The minimum absolute atomic E-state index is 0.00586. The smallest absolute Gasteiger partial charge is 0.265 e. The van der Waals surface area contributed by atoms with Crippen molar-refractivity contribution in [3.63, 3.8) is 0 Å². The average Bonchev–Trinajstić information content (AvgIpc) is 2.79. The maximum Gasteiger partial charge on any atom is 0.265 e. The Morgan fingerprint density at radius 3 is 2.48 bits per heavy atom. The minimum Gasteiger partial charge on any atom is -0.487 e. The molecule has 1 N–H and O–H groups in total. The van der Waals surface area contributed by atoms with Crippen LogP contribution in [0.3, 0.4) is 0 Å². The van der Waals surface area contributed by atoms with Gasteiger partial charge < -0.3 is 4.74 Å². The summed E-state index contributed by atoms with van der Waals surface area (Å²) < 4.78 is 7.49. The molecular formula is C25H18Br2N2O3S. The van der Waals surface area contributed by atoms with Gasteiger partial charge in [0.2, 0.25) is 0 Å². The Labute approximate surface area is 213 Å². The van der Waals surface area contributed by atoms with Gasteiger partial charge in [0.1, 0.15) is 17.9 Å². The Hall–Kier alpha value is -2.81. The predicted molar refractivity (Wildman–Crippen MR) is 141 cm³/mol. The molecule has 0 aliphatic carbocycles. The summed E-state index contributed by atoms with van der Waals surface area (Å²) in [5.74, 6) is -0.375. The van der Waals surface area contributed by atoms with Crippen LogP contribution in [0.5, 0.6) is 5.75 Å². The highest BCUT2D eigenvalue weighted by atomic mass is 79.9. The van der Waals surface area contributed by atoms with Crippen molar-refractivity contribution < 1.29 is 14.3 Å². The number of fused-ring (bicyclic) bond motifs is 1. The maximum absolute atomic E-state index is 12.8. The molecule has 33 heavy (non-hydrogen) atoms. The Balaban J connectivity index is 1.59. The topological polar surface area (TPSA) is 58.6 Å².